The SMILES string of the molecule is [2H]C([2H])([2H])Oc1cc(F)c(F)cc1-c1ccc(OCc2cccc(C(=O)N3CCC[C@H]3C(=O)O)c2)cc1. The number of amides is 1. The van der Waals surface area contributed by atoms with Crippen LogP contribution in [0.3, 0.4) is 0 Å². The van der Waals surface area contributed by atoms with Gasteiger partial charge in [-0.15, -0.1) is 0 Å². The maximum absolute atomic E-state index is 13.9. The number of nitrogens with zero attached hydrogens (tertiary/aromatic N) is 1. The number of carbonyl (C=O) groups excluding carboxylic acids is 1. The van der Waals surface area contributed by atoms with E-state index in [2.05, 4.69) is 0 Å². The maximum Gasteiger partial charge on any atom is 0.326 e. The first-order chi connectivity index (χ1) is 17.5. The first-order valence-electron chi connectivity index (χ1n) is 12.1. The van der Waals surface area contributed by atoms with E-state index in [-0.39, 0.29) is 23.8 Å². The Balaban J connectivity index is 1.46. The molecule has 4 rings (SSSR count). The van der Waals surface area contributed by atoms with Gasteiger partial charge in [0.1, 0.15) is 24.1 Å². The zero-order valence-electron chi connectivity index (χ0n) is 21.0. The Bertz CT molecular complexity index is 1310. The van der Waals surface area contributed by atoms with Crippen LogP contribution in [-0.2, 0) is 11.4 Å². The van der Waals surface area contributed by atoms with Crippen LogP contribution in [0.5, 0.6) is 11.5 Å². The molecule has 8 heteroatoms. The van der Waals surface area contributed by atoms with Crippen molar-refractivity contribution in [2.45, 2.75) is 25.5 Å². The summed E-state index contributed by atoms with van der Waals surface area (Å²) in [5.41, 5.74) is 1.51. The van der Waals surface area contributed by atoms with Gasteiger partial charge in [0, 0.05) is 23.7 Å². The summed E-state index contributed by atoms with van der Waals surface area (Å²) >= 11 is 0. The summed E-state index contributed by atoms with van der Waals surface area (Å²) < 4.78 is 60.0. The van der Waals surface area contributed by atoms with Crippen LogP contribution in [0.25, 0.3) is 11.1 Å². The Hall–Kier alpha value is -3.94. The predicted octanol–water partition coefficient (Wildman–Crippen LogP) is 4.91. The number of rotatable bonds is 7. The highest BCUT2D eigenvalue weighted by atomic mass is 19.2. The third kappa shape index (κ3) is 4.85. The van der Waals surface area contributed by atoms with Gasteiger partial charge < -0.3 is 19.5 Å². The van der Waals surface area contributed by atoms with Crippen LogP contribution in [0.4, 0.5) is 8.78 Å². The second kappa shape index (κ2) is 9.91. The number of likely N-dealkylation sites (tertiary alicyclic amines) is 1. The molecular weight excluding hydrogens is 444 g/mol. The van der Waals surface area contributed by atoms with Gasteiger partial charge in [-0.1, -0.05) is 24.3 Å². The smallest absolute Gasteiger partial charge is 0.326 e. The predicted molar refractivity (Wildman–Crippen MR) is 121 cm³/mol. The van der Waals surface area contributed by atoms with Crippen LogP contribution in [0.1, 0.15) is 32.9 Å². The molecule has 1 N–H and O–H groups in total. The number of ether oxygens (including phenoxy) is 2. The minimum absolute atomic E-state index is 0.0642. The Kier molecular flexibility index (Phi) is 5.69. The highest BCUT2D eigenvalue weighted by molar-refractivity contribution is 5.97. The molecule has 176 valence electrons. The van der Waals surface area contributed by atoms with Gasteiger partial charge in [-0.2, -0.15) is 0 Å². The lowest BCUT2D eigenvalue weighted by molar-refractivity contribution is -0.141. The summed E-state index contributed by atoms with van der Waals surface area (Å²) in [4.78, 5) is 25.6. The van der Waals surface area contributed by atoms with E-state index in [1.165, 1.54) is 4.90 Å². The molecule has 1 saturated heterocycles. The van der Waals surface area contributed by atoms with Crippen molar-refractivity contribution in [1.82, 2.24) is 4.90 Å². The van der Waals surface area contributed by atoms with Crippen LogP contribution < -0.4 is 9.47 Å². The number of carboxylic acids is 1. The molecule has 0 saturated carbocycles. The lowest BCUT2D eigenvalue weighted by atomic mass is 10.0. The van der Waals surface area contributed by atoms with Crippen molar-refractivity contribution in [3.63, 3.8) is 0 Å². The fourth-order valence-electron chi connectivity index (χ4n) is 3.96. The molecule has 34 heavy (non-hydrogen) atoms. The molecule has 1 amide bonds. The first kappa shape index (κ1) is 19.5. The van der Waals surface area contributed by atoms with Crippen LogP contribution in [0.15, 0.2) is 60.7 Å². The maximum atomic E-state index is 13.9. The van der Waals surface area contributed by atoms with E-state index >= 15 is 0 Å². The highest BCUT2D eigenvalue weighted by Gasteiger charge is 2.34. The fourth-order valence-corrected chi connectivity index (χ4v) is 3.96. The molecule has 1 fully saturated rings. The number of carboxylic acid groups (broad SMARTS) is 1. The van der Waals surface area contributed by atoms with Crippen LogP contribution >= 0.6 is 0 Å². The number of benzene rings is 3. The number of halogens is 2. The third-order valence-electron chi connectivity index (χ3n) is 5.68. The van der Waals surface area contributed by atoms with E-state index in [1.54, 1.807) is 48.5 Å². The van der Waals surface area contributed by atoms with E-state index < -0.39 is 30.7 Å². The van der Waals surface area contributed by atoms with Crippen molar-refractivity contribution in [3.8, 4) is 22.6 Å². The molecule has 1 aliphatic rings. The number of methoxy groups -OCH3 is 1. The van der Waals surface area contributed by atoms with E-state index in [0.29, 0.717) is 47.9 Å². The number of aliphatic carboxylic acids is 1. The monoisotopic (exact) mass is 470 g/mol. The molecule has 1 heterocycles. The van der Waals surface area contributed by atoms with E-state index in [0.717, 1.165) is 6.07 Å². The standard InChI is InChI=1S/C26H23F2NO5/c1-33-24-14-22(28)21(27)13-20(24)17-7-9-19(10-8-17)34-15-16-4-2-5-18(12-16)25(30)29-11-3-6-23(29)26(31)32/h2,4-5,7-10,12-14,23H,3,6,11,15H2,1H3,(H,31,32)/t23-/m0/s1/i1D3. The molecule has 3 aromatic rings. The molecule has 1 atom stereocenters. The van der Waals surface area contributed by atoms with Crippen molar-refractivity contribution >= 4 is 11.9 Å². The van der Waals surface area contributed by atoms with Crippen LogP contribution in [0.2, 0.25) is 0 Å². The number of hydrogen-bond donors (Lipinski definition) is 1. The molecule has 3 aromatic carbocycles. The van der Waals surface area contributed by atoms with Gasteiger partial charge in [0.05, 0.1) is 11.2 Å². The average molecular weight is 470 g/mol. The lowest BCUT2D eigenvalue weighted by Gasteiger charge is -2.21. The van der Waals surface area contributed by atoms with Crippen molar-refractivity contribution in [2.75, 3.05) is 13.6 Å². The molecule has 6 nitrogen and oxygen atoms in total. The van der Waals surface area contributed by atoms with Crippen molar-refractivity contribution in [1.29, 1.82) is 0 Å². The molecule has 1 aliphatic heterocycles. The van der Waals surface area contributed by atoms with Gasteiger partial charge in [0.25, 0.3) is 5.91 Å². The summed E-state index contributed by atoms with van der Waals surface area (Å²) in [6, 6.07) is 13.7. The van der Waals surface area contributed by atoms with Gasteiger partial charge >= 0.3 is 5.97 Å². The van der Waals surface area contributed by atoms with E-state index in [1.807, 2.05) is 0 Å². The van der Waals surface area contributed by atoms with E-state index in [9.17, 15) is 23.5 Å². The molecular formula is C26H23F2NO5. The quantitative estimate of drug-likeness (QED) is 0.531. The second-order valence-corrected chi connectivity index (χ2v) is 7.87. The molecule has 0 radical (unpaired) electrons. The Morgan fingerprint density at radius 2 is 1.88 bits per heavy atom. The fraction of sp³-hybridized carbons (Fsp3) is 0.231. The Morgan fingerprint density at radius 1 is 1.12 bits per heavy atom. The lowest BCUT2D eigenvalue weighted by Crippen LogP contribution is -2.40. The van der Waals surface area contributed by atoms with E-state index in [4.69, 9.17) is 13.6 Å². The van der Waals surface area contributed by atoms with Gasteiger partial charge in [-0.25, -0.2) is 13.6 Å². The Labute approximate surface area is 199 Å². The Morgan fingerprint density at radius 3 is 2.62 bits per heavy atom. The highest BCUT2D eigenvalue weighted by Crippen LogP contribution is 2.33. The van der Waals surface area contributed by atoms with Crippen molar-refractivity contribution in [3.05, 3.63) is 83.4 Å². The van der Waals surface area contributed by atoms with Gasteiger partial charge in [0.2, 0.25) is 0 Å². The average Bonchev–Trinajstić information content (AvgIpc) is 3.34. The third-order valence-corrected chi connectivity index (χ3v) is 5.68. The normalized spacial score (nSPS) is 16.9. The number of hydrogen-bond acceptors (Lipinski definition) is 4. The molecule has 0 aromatic heterocycles. The zero-order chi connectivity index (χ0) is 26.7. The molecule has 0 aliphatic carbocycles. The summed E-state index contributed by atoms with van der Waals surface area (Å²) in [6.45, 7) is 0.501. The van der Waals surface area contributed by atoms with Crippen molar-refractivity contribution < 1.29 is 37.1 Å². The van der Waals surface area contributed by atoms with Gasteiger partial charge in [-0.05, 0) is 54.3 Å². The minimum Gasteiger partial charge on any atom is -0.496 e. The summed E-state index contributed by atoms with van der Waals surface area (Å²) in [5, 5.41) is 9.35. The molecule has 0 spiro atoms. The van der Waals surface area contributed by atoms with Crippen LogP contribution in [-0.4, -0.2) is 41.5 Å². The van der Waals surface area contributed by atoms with Gasteiger partial charge in [-0.3, -0.25) is 4.79 Å². The molecule has 0 bridgehead atoms. The summed E-state index contributed by atoms with van der Waals surface area (Å²) in [7, 11) is -2.85. The summed E-state index contributed by atoms with van der Waals surface area (Å²) in [5.74, 6) is -3.63. The first-order valence-corrected chi connectivity index (χ1v) is 10.6. The molecule has 0 unspecified atom stereocenters. The largest absolute Gasteiger partial charge is 0.496 e. The van der Waals surface area contributed by atoms with Crippen molar-refractivity contribution in [2.24, 2.45) is 0 Å². The van der Waals surface area contributed by atoms with Crippen LogP contribution in [0, 0.1) is 11.6 Å². The topological polar surface area (TPSA) is 76.1 Å². The summed E-state index contributed by atoms with van der Waals surface area (Å²) in [6.07, 6.45) is 1.06. The zero-order valence-corrected chi connectivity index (χ0v) is 18.0. The minimum atomic E-state index is -2.85. The van der Waals surface area contributed by atoms with Gasteiger partial charge in [0.15, 0.2) is 11.6 Å². The number of carbonyl (C=O) groups is 2. The second-order valence-electron chi connectivity index (χ2n) is 7.87.